The Kier molecular flexibility index (Phi) is 5.93. The van der Waals surface area contributed by atoms with E-state index in [2.05, 4.69) is 10.3 Å². The molecule has 0 radical (unpaired) electrons. The van der Waals surface area contributed by atoms with E-state index < -0.39 is 0 Å². The van der Waals surface area contributed by atoms with E-state index in [9.17, 15) is 4.79 Å². The topological polar surface area (TPSA) is 86.5 Å². The van der Waals surface area contributed by atoms with Crippen molar-refractivity contribution in [3.63, 3.8) is 0 Å². The van der Waals surface area contributed by atoms with Gasteiger partial charge in [-0.15, -0.1) is 0 Å². The summed E-state index contributed by atoms with van der Waals surface area (Å²) >= 11 is 1.19. The molecule has 0 bridgehead atoms. The van der Waals surface area contributed by atoms with Crippen LogP contribution in [0.25, 0.3) is 11.3 Å². The molecule has 1 amide bonds. The highest BCUT2D eigenvalue weighted by molar-refractivity contribution is 7.17. The van der Waals surface area contributed by atoms with Crippen molar-refractivity contribution in [1.29, 1.82) is 0 Å². The Balaban J connectivity index is 1.67. The Labute approximate surface area is 162 Å². The standard InChI is InChI=1S/C20H21N3O3S/c1-25-15-9-8-13(12-16(15)26-2)10-11-22-19(24)18-17(23-20(21)27-18)14-6-4-3-5-7-14/h3-9,12H,10-11H2,1-2H3,(H2,21,23)(H,22,24). The lowest BCUT2D eigenvalue weighted by Gasteiger charge is -2.10. The van der Waals surface area contributed by atoms with E-state index in [-0.39, 0.29) is 5.91 Å². The first-order valence-electron chi connectivity index (χ1n) is 8.43. The van der Waals surface area contributed by atoms with E-state index in [0.29, 0.717) is 40.2 Å². The molecule has 2 aromatic carbocycles. The maximum Gasteiger partial charge on any atom is 0.263 e. The lowest BCUT2D eigenvalue weighted by Crippen LogP contribution is -2.25. The Hall–Kier alpha value is -3.06. The fraction of sp³-hybridized carbons (Fsp3) is 0.200. The van der Waals surface area contributed by atoms with Crippen molar-refractivity contribution in [3.8, 4) is 22.8 Å². The van der Waals surface area contributed by atoms with Crippen LogP contribution in [0, 0.1) is 0 Å². The zero-order chi connectivity index (χ0) is 19.2. The molecule has 0 saturated carbocycles. The number of anilines is 1. The average molecular weight is 383 g/mol. The predicted molar refractivity (Wildman–Crippen MR) is 108 cm³/mol. The van der Waals surface area contributed by atoms with Gasteiger partial charge in [0.15, 0.2) is 16.6 Å². The summed E-state index contributed by atoms with van der Waals surface area (Å²) in [7, 11) is 3.20. The number of nitrogens with two attached hydrogens (primary N) is 1. The molecule has 3 aromatic rings. The third kappa shape index (κ3) is 4.38. The van der Waals surface area contributed by atoms with Crippen LogP contribution in [0.1, 0.15) is 15.2 Å². The van der Waals surface area contributed by atoms with Crippen molar-refractivity contribution >= 4 is 22.4 Å². The summed E-state index contributed by atoms with van der Waals surface area (Å²) in [5, 5.41) is 3.31. The average Bonchev–Trinajstić information content (AvgIpc) is 3.10. The van der Waals surface area contributed by atoms with Gasteiger partial charge in [-0.05, 0) is 24.1 Å². The number of rotatable bonds is 7. The summed E-state index contributed by atoms with van der Waals surface area (Å²) in [6, 6.07) is 15.3. The molecule has 140 valence electrons. The van der Waals surface area contributed by atoms with Crippen molar-refractivity contribution in [2.75, 3.05) is 26.5 Å². The summed E-state index contributed by atoms with van der Waals surface area (Å²) in [5.74, 6) is 1.17. The molecule has 0 atom stereocenters. The third-order valence-corrected chi connectivity index (χ3v) is 4.93. The molecular weight excluding hydrogens is 362 g/mol. The van der Waals surface area contributed by atoms with E-state index in [1.54, 1.807) is 14.2 Å². The van der Waals surface area contributed by atoms with Crippen molar-refractivity contribution in [3.05, 3.63) is 59.0 Å². The van der Waals surface area contributed by atoms with Gasteiger partial charge in [-0.25, -0.2) is 4.98 Å². The van der Waals surface area contributed by atoms with Crippen LogP contribution in [-0.4, -0.2) is 31.7 Å². The molecule has 0 saturated heterocycles. The minimum atomic E-state index is -0.177. The normalized spacial score (nSPS) is 10.4. The maximum absolute atomic E-state index is 12.6. The molecule has 0 aliphatic rings. The van der Waals surface area contributed by atoms with E-state index in [1.807, 2.05) is 48.5 Å². The number of nitrogen functional groups attached to an aromatic ring is 1. The van der Waals surface area contributed by atoms with Gasteiger partial charge < -0.3 is 20.5 Å². The highest BCUT2D eigenvalue weighted by Gasteiger charge is 2.18. The molecule has 3 rings (SSSR count). The molecule has 0 aliphatic carbocycles. The zero-order valence-electron chi connectivity index (χ0n) is 15.2. The minimum Gasteiger partial charge on any atom is -0.493 e. The molecule has 1 heterocycles. The first kappa shape index (κ1) is 18.7. The van der Waals surface area contributed by atoms with Crippen molar-refractivity contribution in [1.82, 2.24) is 10.3 Å². The number of carbonyl (C=O) groups excluding carboxylic acids is 1. The summed E-state index contributed by atoms with van der Waals surface area (Å²) in [5.41, 5.74) is 8.36. The van der Waals surface area contributed by atoms with Crippen LogP contribution in [0.2, 0.25) is 0 Å². The Morgan fingerprint density at radius 3 is 2.56 bits per heavy atom. The summed E-state index contributed by atoms with van der Waals surface area (Å²) in [4.78, 5) is 17.5. The fourth-order valence-electron chi connectivity index (χ4n) is 2.72. The van der Waals surface area contributed by atoms with Crippen LogP contribution >= 0.6 is 11.3 Å². The molecule has 3 N–H and O–H groups in total. The van der Waals surface area contributed by atoms with Crippen LogP contribution in [0.5, 0.6) is 11.5 Å². The van der Waals surface area contributed by atoms with Gasteiger partial charge in [0.25, 0.3) is 5.91 Å². The zero-order valence-corrected chi connectivity index (χ0v) is 16.0. The molecular formula is C20H21N3O3S. The number of nitrogens with zero attached hydrogens (tertiary/aromatic N) is 1. The first-order valence-corrected chi connectivity index (χ1v) is 9.25. The molecule has 0 unspecified atom stereocenters. The highest BCUT2D eigenvalue weighted by atomic mass is 32.1. The number of nitrogens with one attached hydrogen (secondary N) is 1. The molecule has 27 heavy (non-hydrogen) atoms. The quantitative estimate of drug-likeness (QED) is 0.653. The number of aromatic nitrogens is 1. The van der Waals surface area contributed by atoms with Gasteiger partial charge in [-0.1, -0.05) is 47.7 Å². The second-order valence-electron chi connectivity index (χ2n) is 5.79. The number of methoxy groups -OCH3 is 2. The number of thiazole rings is 1. The fourth-order valence-corrected chi connectivity index (χ4v) is 3.49. The number of ether oxygens (including phenoxy) is 2. The van der Waals surface area contributed by atoms with Crippen molar-refractivity contribution in [2.24, 2.45) is 0 Å². The molecule has 7 heteroatoms. The lowest BCUT2D eigenvalue weighted by molar-refractivity contribution is 0.0958. The second-order valence-corrected chi connectivity index (χ2v) is 6.82. The van der Waals surface area contributed by atoms with Gasteiger partial charge in [-0.2, -0.15) is 0 Å². The Morgan fingerprint density at radius 2 is 1.85 bits per heavy atom. The summed E-state index contributed by atoms with van der Waals surface area (Å²) in [6.45, 7) is 0.486. The third-order valence-electron chi connectivity index (χ3n) is 4.04. The predicted octanol–water partition coefficient (Wildman–Crippen LogP) is 3.38. The molecule has 1 aromatic heterocycles. The van der Waals surface area contributed by atoms with Crippen LogP contribution in [-0.2, 0) is 6.42 Å². The van der Waals surface area contributed by atoms with E-state index in [1.165, 1.54) is 11.3 Å². The van der Waals surface area contributed by atoms with E-state index in [0.717, 1.165) is 11.1 Å². The number of carbonyl (C=O) groups is 1. The van der Waals surface area contributed by atoms with E-state index >= 15 is 0 Å². The monoisotopic (exact) mass is 383 g/mol. The van der Waals surface area contributed by atoms with Crippen LogP contribution in [0.15, 0.2) is 48.5 Å². The maximum atomic E-state index is 12.6. The second kappa shape index (κ2) is 8.55. The number of hydrogen-bond acceptors (Lipinski definition) is 6. The van der Waals surface area contributed by atoms with Crippen LogP contribution in [0.3, 0.4) is 0 Å². The van der Waals surface area contributed by atoms with Gasteiger partial charge in [-0.3, -0.25) is 4.79 Å². The largest absolute Gasteiger partial charge is 0.493 e. The van der Waals surface area contributed by atoms with Gasteiger partial charge >= 0.3 is 0 Å². The summed E-state index contributed by atoms with van der Waals surface area (Å²) < 4.78 is 10.5. The molecule has 0 fully saturated rings. The molecule has 0 spiro atoms. The van der Waals surface area contributed by atoms with Crippen molar-refractivity contribution in [2.45, 2.75) is 6.42 Å². The van der Waals surface area contributed by atoms with Gasteiger partial charge in [0.1, 0.15) is 4.88 Å². The summed E-state index contributed by atoms with van der Waals surface area (Å²) in [6.07, 6.45) is 0.668. The van der Waals surface area contributed by atoms with Gasteiger partial charge in [0.2, 0.25) is 0 Å². The first-order chi connectivity index (χ1) is 13.1. The highest BCUT2D eigenvalue weighted by Crippen LogP contribution is 2.30. The number of benzene rings is 2. The Morgan fingerprint density at radius 1 is 1.11 bits per heavy atom. The lowest BCUT2D eigenvalue weighted by atomic mass is 10.1. The number of hydrogen-bond donors (Lipinski definition) is 2. The number of amides is 1. The smallest absolute Gasteiger partial charge is 0.263 e. The van der Waals surface area contributed by atoms with Gasteiger partial charge in [0.05, 0.1) is 19.9 Å². The van der Waals surface area contributed by atoms with Crippen LogP contribution < -0.4 is 20.5 Å². The minimum absolute atomic E-state index is 0.177. The van der Waals surface area contributed by atoms with Crippen LogP contribution in [0.4, 0.5) is 5.13 Å². The molecule has 6 nitrogen and oxygen atoms in total. The molecule has 0 aliphatic heterocycles. The van der Waals surface area contributed by atoms with Gasteiger partial charge in [0, 0.05) is 12.1 Å². The van der Waals surface area contributed by atoms with Crippen molar-refractivity contribution < 1.29 is 14.3 Å². The SMILES string of the molecule is COc1ccc(CCNC(=O)c2sc(N)nc2-c2ccccc2)cc1OC. The Bertz CT molecular complexity index is 925. The van der Waals surface area contributed by atoms with E-state index in [4.69, 9.17) is 15.2 Å².